The van der Waals surface area contributed by atoms with E-state index in [0.29, 0.717) is 23.7 Å². The van der Waals surface area contributed by atoms with Gasteiger partial charge in [-0.1, -0.05) is 23.7 Å². The van der Waals surface area contributed by atoms with E-state index in [1.54, 1.807) is 4.90 Å². The average Bonchev–Trinajstić information content (AvgIpc) is 2.44. The van der Waals surface area contributed by atoms with Crippen molar-refractivity contribution in [1.82, 2.24) is 4.90 Å². The molecule has 4 nitrogen and oxygen atoms in total. The molecular formula is C15H18ClNO3S. The summed E-state index contributed by atoms with van der Waals surface area (Å²) >= 11 is 10.1. The molecule has 1 N–H and O–H groups in total. The summed E-state index contributed by atoms with van der Waals surface area (Å²) in [4.78, 5) is 25.1. The highest BCUT2D eigenvalue weighted by molar-refractivity contribution is 7.80. The summed E-state index contributed by atoms with van der Waals surface area (Å²) in [5.41, 5.74) is 1.03. The van der Waals surface area contributed by atoms with E-state index in [2.05, 4.69) is 12.6 Å². The molecule has 1 aromatic rings. The second-order valence-electron chi connectivity index (χ2n) is 5.19. The van der Waals surface area contributed by atoms with Crippen LogP contribution in [-0.4, -0.2) is 34.2 Å². The second kappa shape index (κ2) is 7.18. The van der Waals surface area contributed by atoms with Crippen molar-refractivity contribution in [3.05, 3.63) is 34.9 Å². The molecule has 0 radical (unpaired) electrons. The van der Waals surface area contributed by atoms with E-state index in [-0.39, 0.29) is 18.4 Å². The number of carboxylic acids is 1. The molecule has 0 bridgehead atoms. The number of aliphatic carboxylic acids is 1. The Labute approximate surface area is 134 Å². The molecule has 6 heteroatoms. The standard InChI is InChI=1S/C15H18ClNO3S/c16-12-4-1-10(2-5-12)13-6-3-11(9-14(18)19)15(20)17(13)7-8-21/h1-2,4-5,11,13,21H,3,6-9H2,(H,18,19). The molecule has 2 unspecified atom stereocenters. The van der Waals surface area contributed by atoms with Crippen LogP contribution in [0, 0.1) is 5.92 Å². The average molecular weight is 328 g/mol. The summed E-state index contributed by atoms with van der Waals surface area (Å²) in [6, 6.07) is 7.44. The lowest BCUT2D eigenvalue weighted by atomic mass is 9.86. The predicted octanol–water partition coefficient (Wildman–Crippen LogP) is 3.02. The van der Waals surface area contributed by atoms with Crippen LogP contribution in [0.5, 0.6) is 0 Å². The van der Waals surface area contributed by atoms with Crippen molar-refractivity contribution in [1.29, 1.82) is 0 Å². The molecule has 2 rings (SSSR count). The van der Waals surface area contributed by atoms with Gasteiger partial charge in [-0.25, -0.2) is 0 Å². The Bertz CT molecular complexity index is 520. The van der Waals surface area contributed by atoms with Crippen molar-refractivity contribution in [3.63, 3.8) is 0 Å². The summed E-state index contributed by atoms with van der Waals surface area (Å²) in [5.74, 6) is -0.886. The number of carboxylic acid groups (broad SMARTS) is 1. The highest BCUT2D eigenvalue weighted by Gasteiger charge is 2.36. The number of thiol groups is 1. The normalized spacial score (nSPS) is 22.4. The third-order valence-corrected chi connectivity index (χ3v) is 4.27. The molecule has 114 valence electrons. The minimum absolute atomic E-state index is 0.0213. The highest BCUT2D eigenvalue weighted by atomic mass is 35.5. The maximum Gasteiger partial charge on any atom is 0.304 e. The first-order chi connectivity index (χ1) is 10.0. The first-order valence-corrected chi connectivity index (χ1v) is 7.92. The first kappa shape index (κ1) is 16.2. The number of halogens is 1. The Morgan fingerprint density at radius 2 is 2.00 bits per heavy atom. The van der Waals surface area contributed by atoms with Gasteiger partial charge in [0.05, 0.1) is 12.5 Å². The summed E-state index contributed by atoms with van der Waals surface area (Å²) in [6.07, 6.45) is 1.26. The van der Waals surface area contributed by atoms with E-state index in [9.17, 15) is 9.59 Å². The molecule has 1 saturated heterocycles. The van der Waals surface area contributed by atoms with Crippen LogP contribution in [0.4, 0.5) is 0 Å². The third-order valence-electron chi connectivity index (χ3n) is 3.81. The molecule has 1 aliphatic rings. The quantitative estimate of drug-likeness (QED) is 0.817. The molecule has 0 aliphatic carbocycles. The van der Waals surface area contributed by atoms with Gasteiger partial charge in [0, 0.05) is 23.2 Å². The van der Waals surface area contributed by atoms with Crippen LogP contribution >= 0.6 is 24.2 Å². The van der Waals surface area contributed by atoms with Crippen molar-refractivity contribution >= 4 is 36.1 Å². The number of likely N-dealkylation sites (tertiary alicyclic amines) is 1. The molecule has 0 spiro atoms. The molecule has 2 atom stereocenters. The lowest BCUT2D eigenvalue weighted by molar-refractivity contribution is -0.148. The monoisotopic (exact) mass is 327 g/mol. The molecule has 0 aromatic heterocycles. The van der Waals surface area contributed by atoms with Gasteiger partial charge in [0.2, 0.25) is 5.91 Å². The fraction of sp³-hybridized carbons (Fsp3) is 0.467. The van der Waals surface area contributed by atoms with Crippen molar-refractivity contribution in [3.8, 4) is 0 Å². The third kappa shape index (κ3) is 3.92. The SMILES string of the molecule is O=C(O)CC1CCC(c2ccc(Cl)cc2)N(CCS)C1=O. The van der Waals surface area contributed by atoms with E-state index in [1.807, 2.05) is 24.3 Å². The number of carbonyl (C=O) groups excluding carboxylic acids is 1. The van der Waals surface area contributed by atoms with Crippen molar-refractivity contribution in [2.75, 3.05) is 12.3 Å². The van der Waals surface area contributed by atoms with Gasteiger partial charge in [-0.05, 0) is 30.5 Å². The fourth-order valence-corrected chi connectivity index (χ4v) is 3.17. The zero-order valence-electron chi connectivity index (χ0n) is 11.5. The van der Waals surface area contributed by atoms with Gasteiger partial charge in [-0.15, -0.1) is 0 Å². The van der Waals surface area contributed by atoms with Crippen LogP contribution in [0.25, 0.3) is 0 Å². The van der Waals surface area contributed by atoms with Crippen molar-refractivity contribution in [2.24, 2.45) is 5.92 Å². The number of amides is 1. The zero-order valence-corrected chi connectivity index (χ0v) is 13.2. The number of piperidine rings is 1. The van der Waals surface area contributed by atoms with E-state index < -0.39 is 11.9 Å². The maximum absolute atomic E-state index is 12.5. The van der Waals surface area contributed by atoms with Crippen LogP contribution < -0.4 is 0 Å². The van der Waals surface area contributed by atoms with Gasteiger partial charge in [-0.3, -0.25) is 9.59 Å². The summed E-state index contributed by atoms with van der Waals surface area (Å²) < 4.78 is 0. The van der Waals surface area contributed by atoms with Gasteiger partial charge in [0.15, 0.2) is 0 Å². The smallest absolute Gasteiger partial charge is 0.304 e. The van der Waals surface area contributed by atoms with Crippen LogP contribution in [0.2, 0.25) is 5.02 Å². The van der Waals surface area contributed by atoms with E-state index in [1.165, 1.54) is 0 Å². The molecule has 21 heavy (non-hydrogen) atoms. The fourth-order valence-electron chi connectivity index (χ4n) is 2.83. The molecule has 1 aliphatic heterocycles. The minimum atomic E-state index is -0.927. The number of rotatable bonds is 5. The largest absolute Gasteiger partial charge is 0.481 e. The van der Waals surface area contributed by atoms with Gasteiger partial charge in [0.1, 0.15) is 0 Å². The molecule has 1 aromatic carbocycles. The number of nitrogens with zero attached hydrogens (tertiary/aromatic N) is 1. The Hall–Kier alpha value is -1.20. The van der Waals surface area contributed by atoms with E-state index >= 15 is 0 Å². The zero-order chi connectivity index (χ0) is 15.4. The summed E-state index contributed by atoms with van der Waals surface area (Å²) in [6.45, 7) is 0.519. The number of hydrogen-bond acceptors (Lipinski definition) is 3. The van der Waals surface area contributed by atoms with Crippen LogP contribution in [0.3, 0.4) is 0 Å². The van der Waals surface area contributed by atoms with E-state index in [0.717, 1.165) is 12.0 Å². The number of hydrogen-bond donors (Lipinski definition) is 2. The first-order valence-electron chi connectivity index (χ1n) is 6.91. The van der Waals surface area contributed by atoms with Crippen LogP contribution in [0.1, 0.15) is 30.9 Å². The van der Waals surface area contributed by atoms with Gasteiger partial charge < -0.3 is 10.0 Å². The van der Waals surface area contributed by atoms with Gasteiger partial charge in [0.25, 0.3) is 0 Å². The Kier molecular flexibility index (Phi) is 5.53. The molecular weight excluding hydrogens is 310 g/mol. The number of carbonyl (C=O) groups is 2. The van der Waals surface area contributed by atoms with Crippen LogP contribution in [0.15, 0.2) is 24.3 Å². The second-order valence-corrected chi connectivity index (χ2v) is 6.08. The molecule has 0 saturated carbocycles. The van der Waals surface area contributed by atoms with Crippen molar-refractivity contribution < 1.29 is 14.7 Å². The van der Waals surface area contributed by atoms with Gasteiger partial charge >= 0.3 is 5.97 Å². The number of benzene rings is 1. The summed E-state index contributed by atoms with van der Waals surface area (Å²) in [7, 11) is 0. The molecule has 1 heterocycles. The van der Waals surface area contributed by atoms with Crippen molar-refractivity contribution in [2.45, 2.75) is 25.3 Å². The minimum Gasteiger partial charge on any atom is -0.481 e. The molecule has 1 fully saturated rings. The van der Waals surface area contributed by atoms with E-state index in [4.69, 9.17) is 16.7 Å². The Morgan fingerprint density at radius 1 is 1.33 bits per heavy atom. The lowest BCUT2D eigenvalue weighted by Gasteiger charge is -2.39. The highest BCUT2D eigenvalue weighted by Crippen LogP contribution is 2.35. The lowest BCUT2D eigenvalue weighted by Crippen LogP contribution is -2.44. The maximum atomic E-state index is 12.5. The Balaban J connectivity index is 2.20. The summed E-state index contributed by atoms with van der Waals surface area (Å²) in [5, 5.41) is 9.57. The van der Waals surface area contributed by atoms with Crippen LogP contribution in [-0.2, 0) is 9.59 Å². The predicted molar refractivity (Wildman–Crippen MR) is 84.7 cm³/mol. The Morgan fingerprint density at radius 3 is 2.57 bits per heavy atom. The topological polar surface area (TPSA) is 57.6 Å². The molecule has 1 amide bonds. The van der Waals surface area contributed by atoms with Gasteiger partial charge in [-0.2, -0.15) is 12.6 Å².